The van der Waals surface area contributed by atoms with Crippen LogP contribution in [0.2, 0.25) is 0 Å². The lowest BCUT2D eigenvalue weighted by Crippen LogP contribution is -2.47. The van der Waals surface area contributed by atoms with Gasteiger partial charge in [-0.05, 0) is 36.1 Å². The van der Waals surface area contributed by atoms with E-state index in [4.69, 9.17) is 4.74 Å². The summed E-state index contributed by atoms with van der Waals surface area (Å²) in [6.07, 6.45) is 0. The number of benzene rings is 2. The highest BCUT2D eigenvalue weighted by molar-refractivity contribution is 7.91. The van der Waals surface area contributed by atoms with Crippen LogP contribution < -0.4 is 10.6 Å². The molecule has 8 heteroatoms. The van der Waals surface area contributed by atoms with Crippen molar-refractivity contribution in [2.75, 3.05) is 12.4 Å². The fourth-order valence-corrected chi connectivity index (χ4v) is 4.74. The Kier molecular flexibility index (Phi) is 6.80. The molecule has 0 spiro atoms. The molecule has 0 aliphatic carbocycles. The zero-order chi connectivity index (χ0) is 22.6. The normalized spacial score (nSPS) is 16.6. The largest absolute Gasteiger partial charge is 0.463 e. The fraction of sp³-hybridized carbons (Fsp3) is 0.304. The van der Waals surface area contributed by atoms with Gasteiger partial charge >= 0.3 is 12.0 Å². The number of urea groups is 1. The first-order valence-electron chi connectivity index (χ1n) is 10.1. The van der Waals surface area contributed by atoms with Crippen LogP contribution in [0.5, 0.6) is 0 Å². The van der Waals surface area contributed by atoms with Crippen molar-refractivity contribution >= 4 is 21.8 Å². The third-order valence-corrected chi connectivity index (χ3v) is 6.68. The number of rotatable bonds is 7. The van der Waals surface area contributed by atoms with Gasteiger partial charge in [0.15, 0.2) is 9.84 Å². The minimum absolute atomic E-state index is 0.0176. The zero-order valence-electron chi connectivity index (χ0n) is 17.7. The Morgan fingerprint density at radius 2 is 1.71 bits per heavy atom. The molecule has 2 aromatic rings. The van der Waals surface area contributed by atoms with Crippen molar-refractivity contribution in [1.82, 2.24) is 10.6 Å². The van der Waals surface area contributed by atoms with Gasteiger partial charge in [0.05, 0.1) is 28.9 Å². The van der Waals surface area contributed by atoms with Crippen LogP contribution >= 0.6 is 0 Å². The van der Waals surface area contributed by atoms with E-state index in [1.807, 2.05) is 19.9 Å². The molecule has 2 aromatic carbocycles. The average Bonchev–Trinajstić information content (AvgIpc) is 2.74. The van der Waals surface area contributed by atoms with Gasteiger partial charge in [-0.3, -0.25) is 0 Å². The first-order chi connectivity index (χ1) is 14.7. The quantitative estimate of drug-likeness (QED) is 0.640. The number of hydrogen-bond acceptors (Lipinski definition) is 5. The second kappa shape index (κ2) is 9.34. The number of amides is 2. The number of carbonyl (C=O) groups excluding carboxylic acids is 2. The van der Waals surface area contributed by atoms with E-state index in [0.717, 1.165) is 5.56 Å². The Hall–Kier alpha value is -3.13. The van der Waals surface area contributed by atoms with Gasteiger partial charge in [0, 0.05) is 5.70 Å². The Labute approximate surface area is 182 Å². The molecule has 1 heterocycles. The lowest BCUT2D eigenvalue weighted by atomic mass is 9.95. The lowest BCUT2D eigenvalue weighted by molar-refractivity contribution is -0.139. The van der Waals surface area contributed by atoms with Crippen molar-refractivity contribution in [2.24, 2.45) is 0 Å². The molecule has 1 aliphatic rings. The molecule has 0 saturated heterocycles. The maximum atomic E-state index is 13.1. The molecule has 164 valence electrons. The third-order valence-electron chi connectivity index (χ3n) is 5.02. The second-order valence-electron chi connectivity index (χ2n) is 7.54. The van der Waals surface area contributed by atoms with Gasteiger partial charge in [0.1, 0.15) is 0 Å². The summed E-state index contributed by atoms with van der Waals surface area (Å²) in [6, 6.07) is 14.1. The van der Waals surface area contributed by atoms with Crippen molar-refractivity contribution in [1.29, 1.82) is 0 Å². The van der Waals surface area contributed by atoms with Gasteiger partial charge in [0.2, 0.25) is 0 Å². The van der Waals surface area contributed by atoms with Crippen molar-refractivity contribution in [2.45, 2.75) is 37.6 Å². The molecule has 3 rings (SSSR count). The highest BCUT2D eigenvalue weighted by atomic mass is 32.2. The van der Waals surface area contributed by atoms with Crippen molar-refractivity contribution in [3.05, 3.63) is 77.0 Å². The molecular formula is C23H26N2O5S. The molecule has 0 radical (unpaired) electrons. The average molecular weight is 443 g/mol. The SMILES string of the molecule is CCOC(=O)C1=C(CS(=O)(=O)c2ccc(C(C)C)cc2)NC(=O)N[C@@H]1c1ccccc1. The summed E-state index contributed by atoms with van der Waals surface area (Å²) in [4.78, 5) is 25.2. The van der Waals surface area contributed by atoms with E-state index in [2.05, 4.69) is 10.6 Å². The number of hydrogen-bond donors (Lipinski definition) is 2. The van der Waals surface area contributed by atoms with Gasteiger partial charge in [-0.1, -0.05) is 56.3 Å². The van der Waals surface area contributed by atoms with E-state index >= 15 is 0 Å². The standard InChI is InChI=1S/C23H26N2O5S/c1-4-30-22(26)20-19(24-23(27)25-21(20)17-8-6-5-7-9-17)14-31(28,29)18-12-10-16(11-13-18)15(2)3/h5-13,15,21H,4,14H2,1-3H3,(H2,24,25,27)/t21-/m1/s1. The summed E-state index contributed by atoms with van der Waals surface area (Å²) in [6.45, 7) is 5.83. The Morgan fingerprint density at radius 3 is 2.29 bits per heavy atom. The number of sulfone groups is 1. The third kappa shape index (κ3) is 5.14. The first kappa shape index (κ1) is 22.6. The second-order valence-corrected chi connectivity index (χ2v) is 9.53. The van der Waals surface area contributed by atoms with E-state index in [9.17, 15) is 18.0 Å². The van der Waals surface area contributed by atoms with Crippen LogP contribution in [0.3, 0.4) is 0 Å². The van der Waals surface area contributed by atoms with Crippen LogP contribution in [0.25, 0.3) is 0 Å². The molecule has 0 aromatic heterocycles. The summed E-state index contributed by atoms with van der Waals surface area (Å²) in [5.74, 6) is -0.937. The number of esters is 1. The van der Waals surface area contributed by atoms with Gasteiger partial charge in [0.25, 0.3) is 0 Å². The Morgan fingerprint density at radius 1 is 1.06 bits per heavy atom. The summed E-state index contributed by atoms with van der Waals surface area (Å²) in [7, 11) is -3.82. The first-order valence-corrected chi connectivity index (χ1v) is 11.7. The molecule has 2 N–H and O–H groups in total. The molecule has 7 nitrogen and oxygen atoms in total. The highest BCUT2D eigenvalue weighted by Crippen LogP contribution is 2.29. The molecular weight excluding hydrogens is 416 g/mol. The number of nitrogens with one attached hydrogen (secondary N) is 2. The minimum atomic E-state index is -3.82. The van der Waals surface area contributed by atoms with Gasteiger partial charge < -0.3 is 15.4 Å². The van der Waals surface area contributed by atoms with Gasteiger partial charge in [-0.2, -0.15) is 0 Å². The summed E-state index contributed by atoms with van der Waals surface area (Å²) in [5, 5.41) is 5.20. The van der Waals surface area contributed by atoms with Crippen molar-refractivity contribution < 1.29 is 22.7 Å². The van der Waals surface area contributed by atoms with Crippen LogP contribution in [0, 0.1) is 0 Å². The molecule has 31 heavy (non-hydrogen) atoms. The molecule has 1 atom stereocenters. The van der Waals surface area contributed by atoms with E-state index in [-0.39, 0.29) is 28.7 Å². The monoisotopic (exact) mass is 442 g/mol. The molecule has 0 unspecified atom stereocenters. The van der Waals surface area contributed by atoms with E-state index < -0.39 is 33.6 Å². The number of carbonyl (C=O) groups is 2. The maximum absolute atomic E-state index is 13.1. The summed E-state index contributed by atoms with van der Waals surface area (Å²) in [5.41, 5.74) is 1.76. The number of ether oxygens (including phenoxy) is 1. The van der Waals surface area contributed by atoms with Gasteiger partial charge in [-0.15, -0.1) is 0 Å². The van der Waals surface area contributed by atoms with Crippen LogP contribution in [0.4, 0.5) is 4.79 Å². The van der Waals surface area contributed by atoms with E-state index in [0.29, 0.717) is 5.56 Å². The van der Waals surface area contributed by atoms with E-state index in [1.54, 1.807) is 55.5 Å². The lowest BCUT2D eigenvalue weighted by Gasteiger charge is -2.29. The topological polar surface area (TPSA) is 102 Å². The molecule has 0 saturated carbocycles. The van der Waals surface area contributed by atoms with Crippen molar-refractivity contribution in [3.8, 4) is 0 Å². The molecule has 0 bridgehead atoms. The summed E-state index contributed by atoms with van der Waals surface area (Å²) >= 11 is 0. The highest BCUT2D eigenvalue weighted by Gasteiger charge is 2.35. The van der Waals surface area contributed by atoms with Crippen molar-refractivity contribution in [3.63, 3.8) is 0 Å². The predicted molar refractivity (Wildman–Crippen MR) is 117 cm³/mol. The Balaban J connectivity index is 2.04. The molecule has 2 amide bonds. The Bertz CT molecular complexity index is 1090. The van der Waals surface area contributed by atoms with E-state index in [1.165, 1.54) is 0 Å². The van der Waals surface area contributed by atoms with Crippen LogP contribution in [0.1, 0.15) is 43.9 Å². The minimum Gasteiger partial charge on any atom is -0.463 e. The van der Waals surface area contributed by atoms with Crippen LogP contribution in [-0.4, -0.2) is 32.8 Å². The smallest absolute Gasteiger partial charge is 0.338 e. The van der Waals surface area contributed by atoms with Gasteiger partial charge in [-0.25, -0.2) is 18.0 Å². The summed E-state index contributed by atoms with van der Waals surface area (Å²) < 4.78 is 31.4. The zero-order valence-corrected chi connectivity index (χ0v) is 18.5. The molecule has 1 aliphatic heterocycles. The van der Waals surface area contributed by atoms with Crippen LogP contribution in [0.15, 0.2) is 70.8 Å². The maximum Gasteiger partial charge on any atom is 0.338 e. The predicted octanol–water partition coefficient (Wildman–Crippen LogP) is 3.46. The fourth-order valence-electron chi connectivity index (χ4n) is 3.41. The molecule has 0 fully saturated rings. The van der Waals surface area contributed by atoms with Crippen LogP contribution in [-0.2, 0) is 19.4 Å².